The van der Waals surface area contributed by atoms with E-state index in [1.165, 1.54) is 6.92 Å². The summed E-state index contributed by atoms with van der Waals surface area (Å²) in [5, 5.41) is 26.4. The van der Waals surface area contributed by atoms with Gasteiger partial charge in [0.15, 0.2) is 5.60 Å². The maximum absolute atomic E-state index is 11.1. The fourth-order valence-corrected chi connectivity index (χ4v) is 0.938. The van der Waals surface area contributed by atoms with Crippen LogP contribution in [-0.2, 0) is 23.9 Å². The molecule has 0 aliphatic heterocycles. The number of rotatable bonds is 6. The van der Waals surface area contributed by atoms with Crippen LogP contribution in [0.2, 0.25) is 0 Å². The molecule has 0 rings (SSSR count). The number of aliphatic carboxylic acids is 2. The fourth-order valence-electron chi connectivity index (χ4n) is 0.938. The van der Waals surface area contributed by atoms with Crippen LogP contribution in [0.1, 0.15) is 27.6 Å². The first-order chi connectivity index (χ1) is 7.71. The Labute approximate surface area is 126 Å². The topological polar surface area (TPSA) is 138 Å². The first-order valence-electron chi connectivity index (χ1n) is 4.62. The molecule has 0 saturated heterocycles. The summed E-state index contributed by atoms with van der Waals surface area (Å²) in [6.07, 6.45) is -2.38. The number of carbonyl (C=O) groups excluding carboxylic acids is 2. The molecule has 1 unspecified atom stereocenters. The van der Waals surface area contributed by atoms with Crippen LogP contribution in [0.25, 0.3) is 0 Å². The zero-order valence-electron chi connectivity index (χ0n) is 11.0. The molecule has 0 aromatic rings. The SMILES string of the molecule is CCC(=O)OC(=O)CC(O)(CC(=O)O)C(=O)O.[H-].[Na+]. The van der Waals surface area contributed by atoms with Gasteiger partial charge in [-0.25, -0.2) is 4.79 Å². The van der Waals surface area contributed by atoms with Gasteiger partial charge in [-0.2, -0.15) is 0 Å². The minimum absolute atomic E-state index is 0. The number of carbonyl (C=O) groups is 4. The summed E-state index contributed by atoms with van der Waals surface area (Å²) < 4.78 is 4.13. The van der Waals surface area contributed by atoms with Crippen LogP contribution < -0.4 is 29.6 Å². The van der Waals surface area contributed by atoms with Crippen molar-refractivity contribution in [1.29, 1.82) is 0 Å². The second-order valence-corrected chi connectivity index (χ2v) is 3.28. The first kappa shape index (κ1) is 19.4. The van der Waals surface area contributed by atoms with E-state index in [0.29, 0.717) is 0 Å². The van der Waals surface area contributed by atoms with Gasteiger partial charge < -0.3 is 21.5 Å². The molecule has 8 nitrogen and oxygen atoms in total. The Hall–Kier alpha value is -0.960. The molecule has 0 heterocycles. The number of carboxylic acids is 2. The molecular weight excluding hydrogens is 259 g/mol. The second-order valence-electron chi connectivity index (χ2n) is 3.28. The van der Waals surface area contributed by atoms with Gasteiger partial charge in [-0.3, -0.25) is 14.4 Å². The number of hydrogen-bond donors (Lipinski definition) is 3. The third-order valence-corrected chi connectivity index (χ3v) is 1.79. The molecule has 0 spiro atoms. The number of esters is 2. The van der Waals surface area contributed by atoms with Crippen molar-refractivity contribution in [3.63, 3.8) is 0 Å². The van der Waals surface area contributed by atoms with Crippen LogP contribution in [0.15, 0.2) is 0 Å². The zero-order valence-corrected chi connectivity index (χ0v) is 12.0. The number of hydrogen-bond acceptors (Lipinski definition) is 6. The third-order valence-electron chi connectivity index (χ3n) is 1.79. The average Bonchev–Trinajstić information content (AvgIpc) is 2.15. The van der Waals surface area contributed by atoms with Crippen molar-refractivity contribution >= 4 is 23.9 Å². The molecule has 1 atom stereocenters. The van der Waals surface area contributed by atoms with Gasteiger partial charge in [0.05, 0.1) is 12.8 Å². The third kappa shape index (κ3) is 6.70. The van der Waals surface area contributed by atoms with Gasteiger partial charge in [0.1, 0.15) is 0 Å². The van der Waals surface area contributed by atoms with Crippen LogP contribution in [-0.4, -0.2) is 44.8 Å². The Bertz CT molecular complexity index is 358. The van der Waals surface area contributed by atoms with Crippen LogP contribution in [0.5, 0.6) is 0 Å². The van der Waals surface area contributed by atoms with E-state index in [1.807, 2.05) is 0 Å². The van der Waals surface area contributed by atoms with Gasteiger partial charge in [-0.05, 0) is 0 Å². The molecule has 18 heavy (non-hydrogen) atoms. The maximum atomic E-state index is 11.1. The molecule has 98 valence electrons. The number of aliphatic hydroxyl groups is 1. The summed E-state index contributed by atoms with van der Waals surface area (Å²) in [6, 6.07) is 0. The minimum atomic E-state index is -2.78. The van der Waals surface area contributed by atoms with Crippen LogP contribution >= 0.6 is 0 Å². The van der Waals surface area contributed by atoms with E-state index in [9.17, 15) is 24.3 Å². The van der Waals surface area contributed by atoms with E-state index in [-0.39, 0.29) is 37.4 Å². The summed E-state index contributed by atoms with van der Waals surface area (Å²) in [6.45, 7) is 1.41. The van der Waals surface area contributed by atoms with E-state index >= 15 is 0 Å². The Morgan fingerprint density at radius 1 is 1.11 bits per heavy atom. The maximum Gasteiger partial charge on any atom is 1.00 e. The summed E-state index contributed by atoms with van der Waals surface area (Å²) >= 11 is 0. The molecule has 0 aliphatic carbocycles. The van der Waals surface area contributed by atoms with Crippen molar-refractivity contribution in [2.45, 2.75) is 31.8 Å². The van der Waals surface area contributed by atoms with Crippen molar-refractivity contribution in [2.75, 3.05) is 0 Å². The average molecular weight is 272 g/mol. The van der Waals surface area contributed by atoms with E-state index < -0.39 is 42.3 Å². The standard InChI is InChI=1S/C9H12O8.Na.H/c1-2-6(12)17-7(13)4-9(16,8(14)15)3-5(10)11;;/h16H,2-4H2,1H3,(H,10,11)(H,14,15);;/q;+1;-1. The van der Waals surface area contributed by atoms with Gasteiger partial charge in [0, 0.05) is 6.42 Å². The molecule has 3 N–H and O–H groups in total. The van der Waals surface area contributed by atoms with Crippen molar-refractivity contribution in [3.8, 4) is 0 Å². The monoisotopic (exact) mass is 272 g/mol. The van der Waals surface area contributed by atoms with Crippen LogP contribution in [0.4, 0.5) is 0 Å². The summed E-state index contributed by atoms with van der Waals surface area (Å²) in [7, 11) is 0. The molecule has 0 fully saturated rings. The Morgan fingerprint density at radius 2 is 1.61 bits per heavy atom. The van der Waals surface area contributed by atoms with E-state index in [0.717, 1.165) is 0 Å². The van der Waals surface area contributed by atoms with Gasteiger partial charge in [0.2, 0.25) is 0 Å². The Balaban J connectivity index is -0.00000128. The molecule has 0 radical (unpaired) electrons. The molecular formula is C9H13NaO8. The smallest absolute Gasteiger partial charge is 1.00 e. The second kappa shape index (κ2) is 8.20. The predicted octanol–water partition coefficient (Wildman–Crippen LogP) is -3.74. The molecule has 0 amide bonds. The quantitative estimate of drug-likeness (QED) is 0.255. The van der Waals surface area contributed by atoms with Crippen molar-refractivity contribution in [3.05, 3.63) is 0 Å². The minimum Gasteiger partial charge on any atom is -1.00 e. The molecule has 0 aromatic heterocycles. The van der Waals surface area contributed by atoms with Gasteiger partial charge in [0.25, 0.3) is 0 Å². The Kier molecular flexibility index (Phi) is 8.83. The molecule has 0 aromatic carbocycles. The molecule has 9 heteroatoms. The van der Waals surface area contributed by atoms with Crippen LogP contribution in [0, 0.1) is 0 Å². The molecule has 0 bridgehead atoms. The molecule has 0 aliphatic rings. The summed E-state index contributed by atoms with van der Waals surface area (Å²) in [5.74, 6) is -5.65. The summed E-state index contributed by atoms with van der Waals surface area (Å²) in [5.41, 5.74) is -2.78. The number of ether oxygens (including phenoxy) is 1. The van der Waals surface area contributed by atoms with Crippen molar-refractivity contribution in [1.82, 2.24) is 0 Å². The normalized spacial score (nSPS) is 12.8. The van der Waals surface area contributed by atoms with Crippen molar-refractivity contribution in [2.24, 2.45) is 0 Å². The first-order valence-corrected chi connectivity index (χ1v) is 4.62. The predicted molar refractivity (Wildman–Crippen MR) is 52.0 cm³/mol. The van der Waals surface area contributed by atoms with E-state index in [1.54, 1.807) is 0 Å². The van der Waals surface area contributed by atoms with Crippen molar-refractivity contribution < 1.29 is 70.2 Å². The fraction of sp³-hybridized carbons (Fsp3) is 0.556. The number of carboxylic acid groups (broad SMARTS) is 2. The zero-order chi connectivity index (χ0) is 13.6. The van der Waals surface area contributed by atoms with E-state index in [4.69, 9.17) is 10.2 Å². The van der Waals surface area contributed by atoms with Gasteiger partial charge in [-0.1, -0.05) is 6.92 Å². The summed E-state index contributed by atoms with van der Waals surface area (Å²) in [4.78, 5) is 42.7. The van der Waals surface area contributed by atoms with E-state index in [2.05, 4.69) is 4.74 Å². The Morgan fingerprint density at radius 3 is 1.94 bits per heavy atom. The van der Waals surface area contributed by atoms with Crippen LogP contribution in [0.3, 0.4) is 0 Å². The molecule has 0 saturated carbocycles. The van der Waals surface area contributed by atoms with Gasteiger partial charge in [-0.15, -0.1) is 0 Å². The van der Waals surface area contributed by atoms with Gasteiger partial charge >= 0.3 is 53.4 Å². The largest absolute Gasteiger partial charge is 1.00 e.